The quantitative estimate of drug-likeness (QED) is 0.895. The molecular weight excluding hydrogens is 266 g/mol. The van der Waals surface area contributed by atoms with E-state index in [1.165, 1.54) is 23.3 Å². The highest BCUT2D eigenvalue weighted by Gasteiger charge is 2.25. The second kappa shape index (κ2) is 5.40. The zero-order valence-corrected chi connectivity index (χ0v) is 11.6. The van der Waals surface area contributed by atoms with Crippen LogP contribution in [0.15, 0.2) is 17.8 Å². The number of carboxylic acid groups (broad SMARTS) is 1. The fourth-order valence-electron chi connectivity index (χ4n) is 1.93. The van der Waals surface area contributed by atoms with Crippen molar-refractivity contribution in [3.8, 4) is 0 Å². The van der Waals surface area contributed by atoms with Crippen LogP contribution in [0, 0.1) is 0 Å². The summed E-state index contributed by atoms with van der Waals surface area (Å²) >= 11 is 1.49. The zero-order chi connectivity index (χ0) is 14.0. The van der Waals surface area contributed by atoms with E-state index in [-0.39, 0.29) is 12.3 Å². The first-order valence-electron chi connectivity index (χ1n) is 5.92. The molecule has 0 saturated heterocycles. The highest BCUT2D eigenvalue weighted by molar-refractivity contribution is 7.15. The van der Waals surface area contributed by atoms with Crippen molar-refractivity contribution < 1.29 is 14.7 Å². The number of rotatable bonds is 5. The number of aromatic nitrogens is 2. The molecule has 0 spiro atoms. The Bertz CT molecular complexity index is 576. The third-order valence-corrected chi connectivity index (χ3v) is 3.78. The minimum Gasteiger partial charge on any atom is -0.480 e. The van der Waals surface area contributed by atoms with Gasteiger partial charge in [0.25, 0.3) is 0 Å². The van der Waals surface area contributed by atoms with E-state index in [2.05, 4.69) is 4.98 Å². The summed E-state index contributed by atoms with van der Waals surface area (Å²) in [5.74, 6) is -1.22. The van der Waals surface area contributed by atoms with Crippen LogP contribution in [0.2, 0.25) is 0 Å². The molecule has 0 fully saturated rings. The molecule has 2 rings (SSSR count). The number of carboxylic acids is 1. The van der Waals surface area contributed by atoms with Crippen molar-refractivity contribution in [3.63, 3.8) is 0 Å². The molecule has 1 N–H and O–H groups in total. The van der Waals surface area contributed by atoms with Crippen LogP contribution in [0.1, 0.15) is 19.0 Å². The summed E-state index contributed by atoms with van der Waals surface area (Å²) in [6.45, 7) is 1.75. The Balaban J connectivity index is 2.08. The molecule has 7 heteroatoms. The van der Waals surface area contributed by atoms with Gasteiger partial charge in [-0.05, 0) is 6.42 Å². The van der Waals surface area contributed by atoms with E-state index in [1.54, 1.807) is 13.1 Å². The smallest absolute Gasteiger partial charge is 0.326 e. The molecule has 6 nitrogen and oxygen atoms in total. The number of carbonyl (C=O) groups excluding carboxylic acids is 1. The van der Waals surface area contributed by atoms with Crippen molar-refractivity contribution in [3.05, 3.63) is 23.5 Å². The van der Waals surface area contributed by atoms with E-state index in [1.807, 2.05) is 16.0 Å². The molecule has 1 atom stereocenters. The third kappa shape index (κ3) is 2.76. The number of thiazole rings is 1. The fourth-order valence-corrected chi connectivity index (χ4v) is 2.65. The molecule has 0 aromatic carbocycles. The largest absolute Gasteiger partial charge is 0.480 e. The maximum atomic E-state index is 12.0. The number of aliphatic carboxylic acids is 1. The van der Waals surface area contributed by atoms with Crippen LogP contribution in [0.25, 0.3) is 4.96 Å². The van der Waals surface area contributed by atoms with Crippen molar-refractivity contribution in [2.45, 2.75) is 25.8 Å². The highest BCUT2D eigenvalue weighted by atomic mass is 32.1. The first kappa shape index (κ1) is 13.5. The van der Waals surface area contributed by atoms with Gasteiger partial charge < -0.3 is 10.0 Å². The zero-order valence-electron chi connectivity index (χ0n) is 10.7. The van der Waals surface area contributed by atoms with Crippen LogP contribution in [-0.4, -0.2) is 44.4 Å². The Morgan fingerprint density at radius 2 is 2.32 bits per heavy atom. The molecule has 2 aromatic heterocycles. The van der Waals surface area contributed by atoms with Gasteiger partial charge in [-0.2, -0.15) is 0 Å². The number of fused-ring (bicyclic) bond motifs is 1. The normalized spacial score (nSPS) is 12.5. The van der Waals surface area contributed by atoms with Crippen molar-refractivity contribution >= 4 is 28.2 Å². The molecule has 0 radical (unpaired) electrons. The van der Waals surface area contributed by atoms with E-state index < -0.39 is 12.0 Å². The second-order valence-electron chi connectivity index (χ2n) is 4.27. The average molecular weight is 281 g/mol. The summed E-state index contributed by atoms with van der Waals surface area (Å²) in [6.07, 6.45) is 4.17. The molecule has 102 valence electrons. The Morgan fingerprint density at radius 1 is 1.58 bits per heavy atom. The molecule has 2 aromatic rings. The Labute approximate surface area is 114 Å². The molecular formula is C12H15N3O3S. The topological polar surface area (TPSA) is 74.9 Å². The fraction of sp³-hybridized carbons (Fsp3) is 0.417. The molecule has 0 aliphatic heterocycles. The molecule has 0 saturated carbocycles. The predicted octanol–water partition coefficient (Wildman–Crippen LogP) is 1.26. The van der Waals surface area contributed by atoms with Crippen LogP contribution >= 0.6 is 11.3 Å². The third-order valence-electron chi connectivity index (χ3n) is 3.01. The molecule has 0 aliphatic carbocycles. The maximum Gasteiger partial charge on any atom is 0.326 e. The molecule has 2 heterocycles. The van der Waals surface area contributed by atoms with Gasteiger partial charge in [0.05, 0.1) is 12.1 Å². The molecule has 1 amide bonds. The number of carbonyl (C=O) groups is 2. The molecule has 1 unspecified atom stereocenters. The lowest BCUT2D eigenvalue weighted by atomic mass is 10.2. The van der Waals surface area contributed by atoms with Gasteiger partial charge in [-0.25, -0.2) is 9.78 Å². The van der Waals surface area contributed by atoms with Crippen LogP contribution in [0.5, 0.6) is 0 Å². The van der Waals surface area contributed by atoms with Gasteiger partial charge in [0.2, 0.25) is 5.91 Å². The van der Waals surface area contributed by atoms with Crippen LogP contribution in [-0.2, 0) is 16.0 Å². The second-order valence-corrected chi connectivity index (χ2v) is 5.14. The Kier molecular flexibility index (Phi) is 3.84. The number of amides is 1. The molecule has 19 heavy (non-hydrogen) atoms. The van der Waals surface area contributed by atoms with Gasteiger partial charge in [-0.15, -0.1) is 11.3 Å². The minimum absolute atomic E-state index is 0.120. The van der Waals surface area contributed by atoms with Crippen LogP contribution in [0.3, 0.4) is 0 Å². The number of hydrogen-bond donors (Lipinski definition) is 1. The minimum atomic E-state index is -0.982. The van der Waals surface area contributed by atoms with Gasteiger partial charge in [0.15, 0.2) is 4.96 Å². The monoisotopic (exact) mass is 281 g/mol. The number of imidazole rings is 1. The van der Waals surface area contributed by atoms with E-state index in [0.717, 1.165) is 4.96 Å². The maximum absolute atomic E-state index is 12.0. The Morgan fingerprint density at radius 3 is 2.89 bits per heavy atom. The Hall–Kier alpha value is -1.89. The summed E-state index contributed by atoms with van der Waals surface area (Å²) < 4.78 is 1.85. The van der Waals surface area contributed by atoms with E-state index >= 15 is 0 Å². The van der Waals surface area contributed by atoms with Gasteiger partial charge in [-0.1, -0.05) is 6.92 Å². The molecule has 0 bridgehead atoms. The summed E-state index contributed by atoms with van der Waals surface area (Å²) in [6, 6.07) is -0.781. The van der Waals surface area contributed by atoms with Gasteiger partial charge in [-0.3, -0.25) is 9.20 Å². The summed E-state index contributed by atoms with van der Waals surface area (Å²) in [7, 11) is 1.52. The standard InChI is InChI=1S/C12H15N3O3S/c1-3-9(11(17)18)14(2)10(16)6-8-7-15-4-5-19-12(15)13-8/h4-5,7,9H,3,6H2,1-2H3,(H,17,18). The van der Waals surface area contributed by atoms with Gasteiger partial charge >= 0.3 is 5.97 Å². The van der Waals surface area contributed by atoms with Gasteiger partial charge in [0.1, 0.15) is 6.04 Å². The summed E-state index contributed by atoms with van der Waals surface area (Å²) in [5.41, 5.74) is 0.656. The van der Waals surface area contributed by atoms with Crippen LogP contribution < -0.4 is 0 Å². The lowest BCUT2D eigenvalue weighted by molar-refractivity contribution is -0.148. The number of hydrogen-bond acceptors (Lipinski definition) is 4. The van der Waals surface area contributed by atoms with Gasteiger partial charge in [0, 0.05) is 24.8 Å². The average Bonchev–Trinajstić information content (AvgIpc) is 2.89. The van der Waals surface area contributed by atoms with E-state index in [4.69, 9.17) is 5.11 Å². The first-order valence-corrected chi connectivity index (χ1v) is 6.80. The molecule has 0 aliphatic rings. The van der Waals surface area contributed by atoms with E-state index in [0.29, 0.717) is 12.1 Å². The first-order chi connectivity index (χ1) is 9.02. The highest BCUT2D eigenvalue weighted by Crippen LogP contribution is 2.13. The van der Waals surface area contributed by atoms with E-state index in [9.17, 15) is 9.59 Å². The number of likely N-dealkylation sites (N-methyl/N-ethyl adjacent to an activating group) is 1. The predicted molar refractivity (Wildman–Crippen MR) is 71.3 cm³/mol. The lowest BCUT2D eigenvalue weighted by Crippen LogP contribution is -2.42. The van der Waals surface area contributed by atoms with Crippen molar-refractivity contribution in [1.82, 2.24) is 14.3 Å². The summed E-state index contributed by atoms with van der Waals surface area (Å²) in [4.78, 5) is 29.5. The number of nitrogens with zero attached hydrogens (tertiary/aromatic N) is 3. The lowest BCUT2D eigenvalue weighted by Gasteiger charge is -2.23. The SMILES string of the molecule is CCC(C(=O)O)N(C)C(=O)Cc1cn2ccsc2n1. The van der Waals surface area contributed by atoms with Crippen molar-refractivity contribution in [2.24, 2.45) is 0 Å². The van der Waals surface area contributed by atoms with Crippen LogP contribution in [0.4, 0.5) is 0 Å². The van der Waals surface area contributed by atoms with Crippen molar-refractivity contribution in [1.29, 1.82) is 0 Å². The summed E-state index contributed by atoms with van der Waals surface area (Å²) in [5, 5.41) is 10.9. The van der Waals surface area contributed by atoms with Crippen molar-refractivity contribution in [2.75, 3.05) is 7.05 Å².